The molecular weight excluding hydrogens is 360 g/mol. The zero-order chi connectivity index (χ0) is 19.5. The van der Waals surface area contributed by atoms with E-state index in [4.69, 9.17) is 4.74 Å². The Morgan fingerprint density at radius 2 is 2.14 bits per heavy atom. The van der Waals surface area contributed by atoms with E-state index in [1.165, 1.54) is 0 Å². The third-order valence-electron chi connectivity index (χ3n) is 6.05. The lowest BCUT2D eigenvalue weighted by molar-refractivity contribution is -0.0234. The Bertz CT molecular complexity index is 844. The van der Waals surface area contributed by atoms with Crippen LogP contribution in [0.15, 0.2) is 11.0 Å². The standard InChI is InChI=1S/C19H30N6O3/c1-23-18-15(11-20-23)19(27)22-17(21-18)13-24-5-4-16(14(12-24)3-2-8-26)25-6-9-28-10-7-25/h11,14,16,26H,2-10,12-13H2,1H3,(H,21,22,27). The second-order valence-electron chi connectivity index (χ2n) is 7.88. The fraction of sp³-hybridized carbons (Fsp3) is 0.737. The van der Waals surface area contributed by atoms with Gasteiger partial charge in [0.05, 0.1) is 26.0 Å². The fourth-order valence-corrected chi connectivity index (χ4v) is 4.63. The number of rotatable bonds is 6. The van der Waals surface area contributed by atoms with Crippen molar-refractivity contribution in [1.82, 2.24) is 29.5 Å². The number of aryl methyl sites for hydroxylation is 1. The number of nitrogens with zero attached hydrogens (tertiary/aromatic N) is 5. The molecule has 0 saturated carbocycles. The average Bonchev–Trinajstić information content (AvgIpc) is 3.08. The Kier molecular flexibility index (Phi) is 6.05. The molecule has 0 bridgehead atoms. The molecule has 2 atom stereocenters. The van der Waals surface area contributed by atoms with E-state index in [0.29, 0.717) is 35.4 Å². The summed E-state index contributed by atoms with van der Waals surface area (Å²) in [6.45, 7) is 6.39. The second kappa shape index (κ2) is 8.69. The van der Waals surface area contributed by atoms with Crippen LogP contribution in [0, 0.1) is 5.92 Å². The first-order chi connectivity index (χ1) is 13.7. The summed E-state index contributed by atoms with van der Waals surface area (Å²) in [7, 11) is 1.80. The SMILES string of the molecule is Cn1ncc2c(=O)[nH]c(CN3CCC(N4CCOCC4)C(CCCO)C3)nc21. The minimum Gasteiger partial charge on any atom is -0.396 e. The van der Waals surface area contributed by atoms with Crippen LogP contribution in [0.2, 0.25) is 0 Å². The van der Waals surface area contributed by atoms with Crippen LogP contribution < -0.4 is 5.56 Å². The molecule has 2 aromatic heterocycles. The molecule has 4 rings (SSSR count). The quantitative estimate of drug-likeness (QED) is 0.713. The number of morpholine rings is 1. The Balaban J connectivity index is 1.47. The van der Waals surface area contributed by atoms with Crippen LogP contribution in [0.25, 0.3) is 11.0 Å². The maximum Gasteiger partial charge on any atom is 0.262 e. The van der Waals surface area contributed by atoms with Gasteiger partial charge in [0.1, 0.15) is 11.2 Å². The van der Waals surface area contributed by atoms with E-state index in [9.17, 15) is 9.90 Å². The van der Waals surface area contributed by atoms with Crippen molar-refractivity contribution in [3.05, 3.63) is 22.4 Å². The molecule has 0 amide bonds. The van der Waals surface area contributed by atoms with Crippen LogP contribution >= 0.6 is 0 Å². The number of aromatic nitrogens is 4. The molecule has 0 spiro atoms. The van der Waals surface area contributed by atoms with Gasteiger partial charge in [-0.2, -0.15) is 5.10 Å². The predicted molar refractivity (Wildman–Crippen MR) is 105 cm³/mol. The number of nitrogens with one attached hydrogen (secondary N) is 1. The van der Waals surface area contributed by atoms with E-state index in [-0.39, 0.29) is 12.2 Å². The molecule has 9 nitrogen and oxygen atoms in total. The van der Waals surface area contributed by atoms with Gasteiger partial charge >= 0.3 is 0 Å². The largest absolute Gasteiger partial charge is 0.396 e. The summed E-state index contributed by atoms with van der Waals surface area (Å²) in [6, 6.07) is 0.540. The smallest absolute Gasteiger partial charge is 0.262 e. The van der Waals surface area contributed by atoms with Crippen LogP contribution in [0.1, 0.15) is 25.1 Å². The van der Waals surface area contributed by atoms with Gasteiger partial charge in [-0.1, -0.05) is 0 Å². The first-order valence-electron chi connectivity index (χ1n) is 10.2. The van der Waals surface area contributed by atoms with Crippen LogP contribution in [-0.2, 0) is 18.3 Å². The summed E-state index contributed by atoms with van der Waals surface area (Å²) < 4.78 is 7.16. The lowest BCUT2D eigenvalue weighted by atomic mass is 9.87. The monoisotopic (exact) mass is 390 g/mol. The average molecular weight is 390 g/mol. The van der Waals surface area contributed by atoms with Gasteiger partial charge in [0.15, 0.2) is 5.65 Å². The second-order valence-corrected chi connectivity index (χ2v) is 7.88. The van der Waals surface area contributed by atoms with Crippen molar-refractivity contribution >= 4 is 11.0 Å². The molecule has 9 heteroatoms. The van der Waals surface area contributed by atoms with Gasteiger partial charge < -0.3 is 14.8 Å². The molecule has 154 valence electrons. The zero-order valence-corrected chi connectivity index (χ0v) is 16.5. The highest BCUT2D eigenvalue weighted by Gasteiger charge is 2.33. The van der Waals surface area contributed by atoms with Gasteiger partial charge in [-0.05, 0) is 25.2 Å². The van der Waals surface area contributed by atoms with E-state index in [1.54, 1.807) is 17.9 Å². The lowest BCUT2D eigenvalue weighted by Gasteiger charge is -2.45. The summed E-state index contributed by atoms with van der Waals surface area (Å²) in [5.74, 6) is 1.19. The Morgan fingerprint density at radius 3 is 2.93 bits per heavy atom. The Labute approximate surface area is 164 Å². The summed E-state index contributed by atoms with van der Waals surface area (Å²) >= 11 is 0. The molecule has 2 aliphatic rings. The minimum atomic E-state index is -0.131. The van der Waals surface area contributed by atoms with Crippen LogP contribution in [0.4, 0.5) is 0 Å². The van der Waals surface area contributed by atoms with Crippen molar-refractivity contribution in [2.24, 2.45) is 13.0 Å². The molecule has 0 aromatic carbocycles. The van der Waals surface area contributed by atoms with Crippen LogP contribution in [-0.4, -0.2) is 86.7 Å². The summed E-state index contributed by atoms with van der Waals surface area (Å²) in [6.07, 6.45) is 4.49. The number of likely N-dealkylation sites (tertiary alicyclic amines) is 1. The first-order valence-corrected chi connectivity index (χ1v) is 10.2. The summed E-state index contributed by atoms with van der Waals surface area (Å²) in [5, 5.41) is 14.0. The molecule has 28 heavy (non-hydrogen) atoms. The van der Waals surface area contributed by atoms with E-state index in [1.807, 2.05) is 0 Å². The van der Waals surface area contributed by atoms with Gasteiger partial charge in [-0.25, -0.2) is 4.98 Å². The first kappa shape index (κ1) is 19.5. The molecule has 2 aromatic rings. The van der Waals surface area contributed by atoms with Gasteiger partial charge in [-0.15, -0.1) is 0 Å². The molecular formula is C19H30N6O3. The predicted octanol–water partition coefficient (Wildman–Crippen LogP) is -0.0482. The highest BCUT2D eigenvalue weighted by Crippen LogP contribution is 2.27. The number of fused-ring (bicyclic) bond motifs is 1. The van der Waals surface area contributed by atoms with E-state index >= 15 is 0 Å². The number of aliphatic hydroxyl groups excluding tert-OH is 1. The lowest BCUT2D eigenvalue weighted by Crippen LogP contribution is -2.53. The number of H-pyrrole nitrogens is 1. The third kappa shape index (κ3) is 4.12. The number of piperidine rings is 1. The minimum absolute atomic E-state index is 0.131. The van der Waals surface area contributed by atoms with Crippen molar-refractivity contribution in [2.45, 2.75) is 31.8 Å². The van der Waals surface area contributed by atoms with Crippen molar-refractivity contribution in [3.8, 4) is 0 Å². The number of aliphatic hydroxyl groups is 1. The number of hydrogen-bond acceptors (Lipinski definition) is 7. The molecule has 0 aliphatic carbocycles. The number of ether oxygens (including phenoxy) is 1. The molecule has 0 radical (unpaired) electrons. The van der Waals surface area contributed by atoms with Gasteiger partial charge in [0.2, 0.25) is 0 Å². The van der Waals surface area contributed by atoms with E-state index in [2.05, 4.69) is 24.9 Å². The maximum absolute atomic E-state index is 12.3. The third-order valence-corrected chi connectivity index (χ3v) is 6.05. The zero-order valence-electron chi connectivity index (χ0n) is 16.5. The molecule has 2 N–H and O–H groups in total. The Hall–Kier alpha value is -1.81. The van der Waals surface area contributed by atoms with Gasteiger partial charge in [-0.3, -0.25) is 19.3 Å². The van der Waals surface area contributed by atoms with E-state index in [0.717, 1.165) is 58.7 Å². The van der Waals surface area contributed by atoms with Gasteiger partial charge in [0, 0.05) is 45.9 Å². The number of aromatic amines is 1. The van der Waals surface area contributed by atoms with Crippen molar-refractivity contribution in [1.29, 1.82) is 0 Å². The van der Waals surface area contributed by atoms with Crippen LogP contribution in [0.5, 0.6) is 0 Å². The highest BCUT2D eigenvalue weighted by molar-refractivity contribution is 5.72. The van der Waals surface area contributed by atoms with Crippen LogP contribution in [0.3, 0.4) is 0 Å². The molecule has 2 fully saturated rings. The molecule has 2 saturated heterocycles. The van der Waals surface area contributed by atoms with Crippen molar-refractivity contribution < 1.29 is 9.84 Å². The van der Waals surface area contributed by atoms with E-state index < -0.39 is 0 Å². The topological polar surface area (TPSA) is 99.5 Å². The van der Waals surface area contributed by atoms with Crippen molar-refractivity contribution in [3.63, 3.8) is 0 Å². The highest BCUT2D eigenvalue weighted by atomic mass is 16.5. The fourth-order valence-electron chi connectivity index (χ4n) is 4.63. The maximum atomic E-state index is 12.3. The van der Waals surface area contributed by atoms with Gasteiger partial charge in [0.25, 0.3) is 5.56 Å². The normalized spacial score (nSPS) is 24.8. The summed E-state index contributed by atoms with van der Waals surface area (Å²) in [4.78, 5) is 24.8. The molecule has 2 aliphatic heterocycles. The van der Waals surface area contributed by atoms with Crippen molar-refractivity contribution in [2.75, 3.05) is 46.0 Å². The number of hydrogen-bond donors (Lipinski definition) is 2. The Morgan fingerprint density at radius 1 is 1.32 bits per heavy atom. The molecule has 2 unspecified atom stereocenters. The molecule has 4 heterocycles. The summed E-state index contributed by atoms with van der Waals surface area (Å²) in [5.41, 5.74) is 0.493.